The molecule has 1 unspecified atom stereocenters. The van der Waals surface area contributed by atoms with Gasteiger partial charge in [0.25, 0.3) is 5.56 Å². The number of hydrogen-bond acceptors (Lipinski definition) is 4. The quantitative estimate of drug-likeness (QED) is 0.559. The lowest BCUT2D eigenvalue weighted by molar-refractivity contribution is 0.414. The summed E-state index contributed by atoms with van der Waals surface area (Å²) in [6, 6.07) is 16.2. The van der Waals surface area contributed by atoms with Crippen LogP contribution >= 0.6 is 27.3 Å². The molecule has 1 aliphatic heterocycles. The van der Waals surface area contributed by atoms with E-state index in [9.17, 15) is 4.79 Å². The van der Waals surface area contributed by atoms with Gasteiger partial charge in [0.15, 0.2) is 4.80 Å². The third-order valence-electron chi connectivity index (χ3n) is 5.71. The van der Waals surface area contributed by atoms with E-state index in [4.69, 9.17) is 9.73 Å². The predicted octanol–water partition coefficient (Wildman–Crippen LogP) is 4.34. The van der Waals surface area contributed by atoms with E-state index in [2.05, 4.69) is 15.9 Å². The molecule has 30 heavy (non-hydrogen) atoms. The number of benzene rings is 2. The molecule has 1 aliphatic carbocycles. The SMILES string of the molecule is COc1ccc(C2=C3CCCCC3N=c3s/c(=C\c4ccc(Br)cc4)c(=O)n32)cc1. The number of aromatic nitrogens is 1. The van der Waals surface area contributed by atoms with Gasteiger partial charge in [-0.1, -0.05) is 45.8 Å². The summed E-state index contributed by atoms with van der Waals surface area (Å²) in [6.07, 6.45) is 6.32. The van der Waals surface area contributed by atoms with E-state index in [-0.39, 0.29) is 11.6 Å². The van der Waals surface area contributed by atoms with Gasteiger partial charge in [-0.05, 0) is 78.4 Å². The van der Waals surface area contributed by atoms with Crippen LogP contribution in [0.3, 0.4) is 0 Å². The molecule has 1 atom stereocenters. The molecule has 2 aliphatic rings. The van der Waals surface area contributed by atoms with E-state index in [0.29, 0.717) is 4.53 Å². The van der Waals surface area contributed by atoms with Gasteiger partial charge in [-0.3, -0.25) is 14.4 Å². The van der Waals surface area contributed by atoms with Crippen molar-refractivity contribution in [2.75, 3.05) is 7.11 Å². The largest absolute Gasteiger partial charge is 0.497 e. The Labute approximate surface area is 187 Å². The number of rotatable bonds is 3. The standard InChI is InChI=1S/C24H21BrN2O2S/c1-29-18-12-8-16(9-13-18)22-19-4-2-3-5-20(19)26-24-27(22)23(28)21(30-24)14-15-6-10-17(25)11-7-15/h6-14,20H,2-5H2,1H3/b21-14-. The number of hydrogen-bond donors (Lipinski definition) is 0. The molecule has 0 amide bonds. The fraction of sp³-hybridized carbons (Fsp3) is 0.250. The van der Waals surface area contributed by atoms with Crippen molar-refractivity contribution in [1.29, 1.82) is 0 Å². The first kappa shape index (κ1) is 19.5. The molecular formula is C24H21BrN2O2S. The number of fused-ring (bicyclic) bond motifs is 2. The molecule has 0 radical (unpaired) electrons. The minimum Gasteiger partial charge on any atom is -0.497 e. The Morgan fingerprint density at radius 1 is 1.13 bits per heavy atom. The van der Waals surface area contributed by atoms with Gasteiger partial charge in [-0.2, -0.15) is 0 Å². The summed E-state index contributed by atoms with van der Waals surface area (Å²) in [5.41, 5.74) is 4.36. The zero-order valence-electron chi connectivity index (χ0n) is 16.6. The maximum Gasteiger partial charge on any atom is 0.274 e. The first-order valence-corrected chi connectivity index (χ1v) is 11.7. The van der Waals surface area contributed by atoms with Crippen LogP contribution in [0.4, 0.5) is 0 Å². The number of methoxy groups -OCH3 is 1. The third-order valence-corrected chi connectivity index (χ3v) is 7.22. The van der Waals surface area contributed by atoms with E-state index in [1.807, 2.05) is 59.2 Å². The van der Waals surface area contributed by atoms with Crippen LogP contribution in [0.25, 0.3) is 11.8 Å². The summed E-state index contributed by atoms with van der Waals surface area (Å²) >= 11 is 4.94. The number of nitrogens with zero attached hydrogens (tertiary/aromatic N) is 2. The van der Waals surface area contributed by atoms with Crippen LogP contribution in [0, 0.1) is 0 Å². The Morgan fingerprint density at radius 2 is 1.90 bits per heavy atom. The molecule has 2 aromatic carbocycles. The van der Waals surface area contributed by atoms with Crippen molar-refractivity contribution in [3.63, 3.8) is 0 Å². The van der Waals surface area contributed by atoms with Crippen LogP contribution in [-0.4, -0.2) is 17.7 Å². The van der Waals surface area contributed by atoms with E-state index >= 15 is 0 Å². The summed E-state index contributed by atoms with van der Waals surface area (Å²) in [4.78, 5) is 19.3. The number of ether oxygens (including phenoxy) is 1. The Bertz CT molecular complexity index is 1300. The molecule has 1 fully saturated rings. The Kier molecular flexibility index (Phi) is 5.21. The fourth-order valence-corrected chi connectivity index (χ4v) is 5.50. The van der Waals surface area contributed by atoms with Gasteiger partial charge >= 0.3 is 0 Å². The summed E-state index contributed by atoms with van der Waals surface area (Å²) < 4.78 is 8.88. The molecule has 5 rings (SSSR count). The molecule has 1 aromatic heterocycles. The number of thiazole rings is 1. The third kappa shape index (κ3) is 3.48. The van der Waals surface area contributed by atoms with E-state index in [1.165, 1.54) is 23.3 Å². The molecule has 1 saturated carbocycles. The maximum absolute atomic E-state index is 13.5. The molecule has 0 saturated heterocycles. The van der Waals surface area contributed by atoms with Crippen molar-refractivity contribution in [2.24, 2.45) is 4.99 Å². The minimum atomic E-state index is 0.00371. The molecule has 6 heteroatoms. The Morgan fingerprint density at radius 3 is 2.63 bits per heavy atom. The van der Waals surface area contributed by atoms with Crippen LogP contribution in [0.15, 0.2) is 68.4 Å². The van der Waals surface area contributed by atoms with Crippen molar-refractivity contribution in [1.82, 2.24) is 4.57 Å². The molecule has 152 valence electrons. The van der Waals surface area contributed by atoms with Gasteiger partial charge in [-0.15, -0.1) is 0 Å². The average molecular weight is 481 g/mol. The summed E-state index contributed by atoms with van der Waals surface area (Å²) in [7, 11) is 1.67. The number of halogens is 1. The van der Waals surface area contributed by atoms with Crippen LogP contribution in [0.5, 0.6) is 5.75 Å². The highest BCUT2D eigenvalue weighted by Gasteiger charge is 2.29. The molecule has 0 bridgehead atoms. The van der Waals surface area contributed by atoms with Gasteiger partial charge in [0.05, 0.1) is 23.4 Å². The van der Waals surface area contributed by atoms with Gasteiger partial charge < -0.3 is 4.74 Å². The van der Waals surface area contributed by atoms with Gasteiger partial charge in [0.2, 0.25) is 0 Å². The summed E-state index contributed by atoms with van der Waals surface area (Å²) in [5.74, 6) is 0.812. The minimum absolute atomic E-state index is 0.00371. The van der Waals surface area contributed by atoms with E-state index in [0.717, 1.165) is 51.1 Å². The van der Waals surface area contributed by atoms with Crippen LogP contribution in [0.1, 0.15) is 36.8 Å². The summed E-state index contributed by atoms with van der Waals surface area (Å²) in [5, 5.41) is 0. The van der Waals surface area contributed by atoms with E-state index < -0.39 is 0 Å². The highest BCUT2D eigenvalue weighted by atomic mass is 79.9. The monoisotopic (exact) mass is 480 g/mol. The zero-order chi connectivity index (χ0) is 20.7. The Balaban J connectivity index is 1.72. The molecule has 0 N–H and O–H groups in total. The summed E-state index contributed by atoms with van der Waals surface area (Å²) in [6.45, 7) is 0. The second kappa shape index (κ2) is 8.00. The van der Waals surface area contributed by atoms with Crippen molar-refractivity contribution in [3.8, 4) is 5.75 Å². The second-order valence-electron chi connectivity index (χ2n) is 7.58. The van der Waals surface area contributed by atoms with Gasteiger partial charge in [0, 0.05) is 4.47 Å². The van der Waals surface area contributed by atoms with Crippen LogP contribution in [0.2, 0.25) is 0 Å². The second-order valence-corrected chi connectivity index (χ2v) is 9.50. The highest BCUT2D eigenvalue weighted by molar-refractivity contribution is 9.10. The normalized spacial score (nSPS) is 18.6. The van der Waals surface area contributed by atoms with Crippen molar-refractivity contribution in [2.45, 2.75) is 31.7 Å². The molecule has 4 nitrogen and oxygen atoms in total. The first-order valence-electron chi connectivity index (χ1n) is 10.1. The van der Waals surface area contributed by atoms with E-state index in [1.54, 1.807) is 7.11 Å². The van der Waals surface area contributed by atoms with Crippen LogP contribution in [-0.2, 0) is 0 Å². The Hall–Kier alpha value is -2.44. The zero-order valence-corrected chi connectivity index (χ0v) is 19.0. The van der Waals surface area contributed by atoms with Gasteiger partial charge in [0.1, 0.15) is 5.75 Å². The maximum atomic E-state index is 13.5. The fourth-order valence-electron chi connectivity index (χ4n) is 4.22. The topological polar surface area (TPSA) is 43.6 Å². The highest BCUT2D eigenvalue weighted by Crippen LogP contribution is 2.34. The average Bonchev–Trinajstić information content (AvgIpc) is 3.08. The van der Waals surface area contributed by atoms with Gasteiger partial charge in [-0.25, -0.2) is 0 Å². The predicted molar refractivity (Wildman–Crippen MR) is 125 cm³/mol. The smallest absolute Gasteiger partial charge is 0.274 e. The lowest BCUT2D eigenvalue weighted by Crippen LogP contribution is -2.37. The molecular weight excluding hydrogens is 460 g/mol. The first-order chi connectivity index (χ1) is 14.6. The van der Waals surface area contributed by atoms with Crippen LogP contribution < -0.4 is 19.6 Å². The molecule has 2 heterocycles. The lowest BCUT2D eigenvalue weighted by Gasteiger charge is -2.28. The molecule has 0 spiro atoms. The van der Waals surface area contributed by atoms with Crippen molar-refractivity contribution < 1.29 is 4.74 Å². The molecule has 3 aromatic rings. The lowest BCUT2D eigenvalue weighted by atomic mass is 9.86. The van der Waals surface area contributed by atoms with Crippen molar-refractivity contribution in [3.05, 3.63) is 89.4 Å². The van der Waals surface area contributed by atoms with Crippen molar-refractivity contribution >= 4 is 39.0 Å².